The second kappa shape index (κ2) is 6.87. The maximum atomic E-state index is 11.2. The first kappa shape index (κ1) is 17.9. The average molecular weight is 295 g/mol. The van der Waals surface area contributed by atoms with E-state index < -0.39 is 26.9 Å². The first-order chi connectivity index (χ1) is 8.25. The van der Waals surface area contributed by atoms with E-state index in [-0.39, 0.29) is 40.8 Å². The van der Waals surface area contributed by atoms with E-state index in [0.717, 1.165) is 19.2 Å². The Morgan fingerprint density at radius 3 is 2.37 bits per heavy atom. The Morgan fingerprint density at radius 1 is 1.37 bits per heavy atom. The van der Waals surface area contributed by atoms with Gasteiger partial charge in [-0.25, -0.2) is 13.2 Å². The summed E-state index contributed by atoms with van der Waals surface area (Å²) in [6.07, 6.45) is -0.810. The van der Waals surface area contributed by atoms with Crippen molar-refractivity contribution in [1.82, 2.24) is 0 Å². The summed E-state index contributed by atoms with van der Waals surface area (Å²) in [5.41, 5.74) is 4.74. The van der Waals surface area contributed by atoms with Crippen LogP contribution >= 0.6 is 0 Å². The minimum absolute atomic E-state index is 0. The summed E-state index contributed by atoms with van der Waals surface area (Å²) in [6.45, 7) is 0. The van der Waals surface area contributed by atoms with Crippen LogP contribution < -0.4 is 40.6 Å². The van der Waals surface area contributed by atoms with Crippen LogP contribution in [0.1, 0.15) is 10.4 Å². The monoisotopic (exact) mass is 295 g/mol. The van der Waals surface area contributed by atoms with Gasteiger partial charge in [0.05, 0.1) is 27.6 Å². The largest absolute Gasteiger partial charge is 1.00 e. The van der Waals surface area contributed by atoms with E-state index in [1.54, 1.807) is 0 Å². The number of sulfonamides is 1. The van der Waals surface area contributed by atoms with Crippen molar-refractivity contribution in [2.24, 2.45) is 5.73 Å². The zero-order chi connectivity index (χ0) is 13.9. The molecular weight excluding hydrogens is 285 g/mol. The second-order valence-electron chi connectivity index (χ2n) is 3.20. The van der Waals surface area contributed by atoms with Gasteiger partial charge in [0.25, 0.3) is 0 Å². The summed E-state index contributed by atoms with van der Waals surface area (Å²) in [7, 11) is -3.25. The molecule has 0 fully saturated rings. The summed E-state index contributed by atoms with van der Waals surface area (Å²) >= 11 is 0. The summed E-state index contributed by atoms with van der Waals surface area (Å²) in [6, 6.07) is 3.33. The standard InChI is InChI=1S/C9H11N3O5S.Na/c1-17-9(14)12-5-2-3-6(8(10)13)7(4-5)18(11,15)16;/h2-4H,1H3,(H5,10,11,12,13,14,15,16);/q;+1/p-1. The zero-order valence-corrected chi connectivity index (χ0v) is 13.1. The van der Waals surface area contributed by atoms with E-state index in [9.17, 15) is 18.0 Å². The van der Waals surface area contributed by atoms with Crippen LogP contribution in [0.5, 0.6) is 0 Å². The third-order valence-electron chi connectivity index (χ3n) is 1.97. The summed E-state index contributed by atoms with van der Waals surface area (Å²) < 4.78 is 26.7. The summed E-state index contributed by atoms with van der Waals surface area (Å²) in [5.74, 6) is -0.981. The Hall–Kier alpha value is -1.13. The third kappa shape index (κ3) is 4.80. The Labute approximate surface area is 131 Å². The van der Waals surface area contributed by atoms with Crippen LogP contribution in [0.2, 0.25) is 0 Å². The van der Waals surface area contributed by atoms with Crippen molar-refractivity contribution in [3.8, 4) is 0 Å². The number of amides is 2. The smallest absolute Gasteiger partial charge is 0.560 e. The molecule has 0 aliphatic heterocycles. The number of hydrogen-bond acceptors (Lipinski definition) is 5. The van der Waals surface area contributed by atoms with Crippen molar-refractivity contribution in [3.05, 3.63) is 28.9 Å². The number of ether oxygens (including phenoxy) is 1. The molecule has 2 amide bonds. The predicted molar refractivity (Wildman–Crippen MR) is 62.5 cm³/mol. The number of nitrogens with one attached hydrogen (secondary N) is 2. The maximum Gasteiger partial charge on any atom is 1.00 e. The molecule has 10 heteroatoms. The summed E-state index contributed by atoms with van der Waals surface area (Å²) in [4.78, 5) is 21.4. The van der Waals surface area contributed by atoms with E-state index in [0.29, 0.717) is 0 Å². The molecule has 0 radical (unpaired) electrons. The van der Waals surface area contributed by atoms with Crippen molar-refractivity contribution >= 4 is 27.7 Å². The number of anilines is 1. The predicted octanol–water partition coefficient (Wildman–Crippen LogP) is -2.29. The molecule has 1 aromatic rings. The molecule has 4 N–H and O–H groups in total. The molecule has 0 aliphatic rings. The van der Waals surface area contributed by atoms with Crippen molar-refractivity contribution in [2.45, 2.75) is 4.90 Å². The average Bonchev–Trinajstić information content (AvgIpc) is 2.27. The third-order valence-corrected chi connectivity index (χ3v) is 2.89. The molecule has 0 spiro atoms. The van der Waals surface area contributed by atoms with Crippen LogP contribution in [0.15, 0.2) is 23.1 Å². The van der Waals surface area contributed by atoms with E-state index in [4.69, 9.17) is 10.9 Å². The Balaban J connectivity index is 0.00000324. The van der Waals surface area contributed by atoms with Crippen molar-refractivity contribution in [1.29, 1.82) is 0 Å². The number of methoxy groups -OCH3 is 1. The SMILES string of the molecule is COC(=O)Nc1ccc(C(N)=O)c(S([NH-])(=O)=O)c1.[Na+]. The van der Waals surface area contributed by atoms with Gasteiger partial charge >= 0.3 is 35.7 Å². The van der Waals surface area contributed by atoms with Crippen LogP contribution in [-0.4, -0.2) is 27.5 Å². The van der Waals surface area contributed by atoms with Gasteiger partial charge < -0.3 is 15.6 Å². The van der Waals surface area contributed by atoms with Crippen molar-refractivity contribution < 1.29 is 52.3 Å². The van der Waals surface area contributed by atoms with Gasteiger partial charge in [-0.2, -0.15) is 0 Å². The molecule has 1 rings (SSSR count). The number of primary amides is 1. The van der Waals surface area contributed by atoms with Gasteiger partial charge in [-0.1, -0.05) is 0 Å². The van der Waals surface area contributed by atoms with E-state index in [1.165, 1.54) is 6.07 Å². The van der Waals surface area contributed by atoms with Crippen LogP contribution in [0, 0.1) is 0 Å². The van der Waals surface area contributed by atoms with Gasteiger partial charge in [0, 0.05) is 5.69 Å². The fourth-order valence-corrected chi connectivity index (χ4v) is 1.94. The molecule has 0 saturated carbocycles. The van der Waals surface area contributed by atoms with E-state index in [1.807, 2.05) is 0 Å². The Morgan fingerprint density at radius 2 is 1.95 bits per heavy atom. The molecular formula is C9H10N3NaO5S. The number of benzene rings is 1. The van der Waals surface area contributed by atoms with Gasteiger partial charge in [-0.05, 0) is 18.2 Å². The van der Waals surface area contributed by atoms with Gasteiger partial charge in [0.1, 0.15) is 0 Å². The van der Waals surface area contributed by atoms with Gasteiger partial charge in [0.2, 0.25) is 5.91 Å². The topological polar surface area (TPSA) is 139 Å². The minimum Gasteiger partial charge on any atom is -0.560 e. The number of nitrogens with two attached hydrogens (primary N) is 1. The molecule has 0 aromatic heterocycles. The van der Waals surface area contributed by atoms with E-state index >= 15 is 0 Å². The number of carbonyl (C=O) groups is 2. The Kier molecular flexibility index (Phi) is 6.46. The van der Waals surface area contributed by atoms with Crippen LogP contribution in [0.25, 0.3) is 5.14 Å². The second-order valence-corrected chi connectivity index (χ2v) is 4.64. The molecule has 1 aromatic carbocycles. The number of carbonyl (C=O) groups excluding carboxylic acids is 2. The fraction of sp³-hybridized carbons (Fsp3) is 0.111. The summed E-state index contributed by atoms with van der Waals surface area (Å²) in [5, 5.41) is 9.16. The van der Waals surface area contributed by atoms with Crippen molar-refractivity contribution in [2.75, 3.05) is 12.4 Å². The zero-order valence-electron chi connectivity index (χ0n) is 10.3. The van der Waals surface area contributed by atoms with Gasteiger partial charge in [0.15, 0.2) is 0 Å². The minimum atomic E-state index is -4.39. The molecule has 0 unspecified atom stereocenters. The van der Waals surface area contributed by atoms with Gasteiger partial charge in [-0.3, -0.25) is 10.1 Å². The molecule has 0 heterocycles. The molecule has 8 nitrogen and oxygen atoms in total. The molecule has 98 valence electrons. The maximum absolute atomic E-state index is 11.2. The fourth-order valence-electron chi connectivity index (χ4n) is 1.19. The first-order valence-corrected chi connectivity index (χ1v) is 6.02. The quantitative estimate of drug-likeness (QED) is 0.604. The normalized spacial score (nSPS) is 10.2. The van der Waals surface area contributed by atoms with Gasteiger partial charge in [-0.15, -0.1) is 0 Å². The van der Waals surface area contributed by atoms with Crippen LogP contribution in [0.3, 0.4) is 0 Å². The molecule has 0 atom stereocenters. The van der Waals surface area contributed by atoms with E-state index in [2.05, 4.69) is 10.1 Å². The molecule has 19 heavy (non-hydrogen) atoms. The van der Waals surface area contributed by atoms with Crippen molar-refractivity contribution in [3.63, 3.8) is 0 Å². The molecule has 0 bridgehead atoms. The molecule has 0 aliphatic carbocycles. The first-order valence-electron chi connectivity index (χ1n) is 4.54. The number of hydrogen-bond donors (Lipinski definition) is 2. The van der Waals surface area contributed by atoms with Crippen LogP contribution in [0.4, 0.5) is 10.5 Å². The van der Waals surface area contributed by atoms with Crippen LogP contribution in [-0.2, 0) is 14.8 Å². The molecule has 0 saturated heterocycles. The number of rotatable bonds is 3. The Bertz CT molecular complexity index is 602.